The maximum atomic E-state index is 11.1. The molecule has 0 radical (unpaired) electrons. The van der Waals surface area contributed by atoms with Crippen molar-refractivity contribution in [3.8, 4) is 0 Å². The summed E-state index contributed by atoms with van der Waals surface area (Å²) in [6, 6.07) is -2.51. The fourth-order valence-electron chi connectivity index (χ4n) is 0.611. The lowest BCUT2D eigenvalue weighted by atomic mass is 10.4. The Hall–Kier alpha value is -0.990. The molecule has 0 aromatic rings. The number of carbonyl (C=O) groups is 2. The van der Waals surface area contributed by atoms with Crippen LogP contribution in [0.1, 0.15) is 0 Å². The summed E-state index contributed by atoms with van der Waals surface area (Å²) < 4.78 is 11.1. The zero-order valence-electron chi connectivity index (χ0n) is 7.25. The van der Waals surface area contributed by atoms with E-state index >= 15 is 0 Å². The second kappa shape index (κ2) is 5.68. The van der Waals surface area contributed by atoms with E-state index in [1.54, 1.807) is 0 Å². The molecule has 0 saturated carbocycles. The van der Waals surface area contributed by atoms with Crippen molar-refractivity contribution in [2.24, 2.45) is 11.5 Å². The summed E-state index contributed by atoms with van der Waals surface area (Å²) in [7, 11) is -1.63. The molecule has 14 heavy (non-hydrogen) atoms. The summed E-state index contributed by atoms with van der Waals surface area (Å²) in [5.74, 6) is -3.14. The lowest BCUT2D eigenvalue weighted by Crippen LogP contribution is -2.40. The molecule has 0 aliphatic carbocycles. The molecule has 0 heterocycles. The van der Waals surface area contributed by atoms with E-state index in [0.717, 1.165) is 0 Å². The fraction of sp³-hybridized carbons (Fsp3) is 0.667. The Morgan fingerprint density at radius 3 is 1.57 bits per heavy atom. The van der Waals surface area contributed by atoms with Crippen molar-refractivity contribution < 1.29 is 24.0 Å². The molecular formula is C6H12N2O5S. The third kappa shape index (κ3) is 4.90. The van der Waals surface area contributed by atoms with Gasteiger partial charge in [-0.05, 0) is 0 Å². The highest BCUT2D eigenvalue weighted by molar-refractivity contribution is 7.85. The van der Waals surface area contributed by atoms with Crippen LogP contribution in [0.5, 0.6) is 0 Å². The van der Waals surface area contributed by atoms with Crippen LogP contribution in [0.2, 0.25) is 0 Å². The highest BCUT2D eigenvalue weighted by Crippen LogP contribution is 1.91. The predicted molar refractivity (Wildman–Crippen MR) is 49.1 cm³/mol. The van der Waals surface area contributed by atoms with Gasteiger partial charge in [-0.15, -0.1) is 0 Å². The normalized spacial score (nSPS) is 15.1. The van der Waals surface area contributed by atoms with Crippen LogP contribution in [0.15, 0.2) is 0 Å². The van der Waals surface area contributed by atoms with Crippen LogP contribution in [-0.4, -0.2) is 49.9 Å². The summed E-state index contributed by atoms with van der Waals surface area (Å²) in [5, 5.41) is 16.7. The summed E-state index contributed by atoms with van der Waals surface area (Å²) in [4.78, 5) is 20.5. The van der Waals surface area contributed by atoms with Crippen LogP contribution < -0.4 is 11.5 Å². The van der Waals surface area contributed by atoms with E-state index in [1.165, 1.54) is 0 Å². The van der Waals surface area contributed by atoms with Crippen molar-refractivity contribution in [1.82, 2.24) is 0 Å². The summed E-state index contributed by atoms with van der Waals surface area (Å²) >= 11 is 0. The number of nitrogens with two attached hydrogens (primary N) is 2. The van der Waals surface area contributed by atoms with Gasteiger partial charge in [0.1, 0.15) is 12.1 Å². The van der Waals surface area contributed by atoms with Crippen molar-refractivity contribution in [2.75, 3.05) is 11.5 Å². The topological polar surface area (TPSA) is 144 Å². The molecule has 0 aromatic carbocycles. The summed E-state index contributed by atoms with van der Waals surface area (Å²) in [5.41, 5.74) is 10.2. The number of hydrogen-bond donors (Lipinski definition) is 4. The van der Waals surface area contributed by atoms with Gasteiger partial charge in [0.15, 0.2) is 0 Å². The van der Waals surface area contributed by atoms with Crippen LogP contribution in [0.4, 0.5) is 0 Å². The Labute approximate surface area is 82.5 Å². The molecule has 0 bridgehead atoms. The third-order valence-corrected chi connectivity index (χ3v) is 2.83. The molecule has 0 aromatic heterocycles. The highest BCUT2D eigenvalue weighted by atomic mass is 32.2. The molecule has 0 fully saturated rings. The van der Waals surface area contributed by atoms with Crippen molar-refractivity contribution in [1.29, 1.82) is 0 Å². The minimum atomic E-state index is -1.63. The van der Waals surface area contributed by atoms with E-state index < -0.39 is 34.8 Å². The molecule has 0 unspecified atom stereocenters. The minimum Gasteiger partial charge on any atom is -0.480 e. The number of carboxylic acids is 2. The first-order chi connectivity index (χ1) is 6.34. The largest absolute Gasteiger partial charge is 0.480 e. The Bertz CT molecular complexity index is 233. The smallest absolute Gasteiger partial charge is 0.321 e. The molecule has 0 amide bonds. The van der Waals surface area contributed by atoms with Gasteiger partial charge in [0.05, 0.1) is 0 Å². The number of hydrogen-bond acceptors (Lipinski definition) is 5. The van der Waals surface area contributed by atoms with Gasteiger partial charge in [-0.1, -0.05) is 0 Å². The molecule has 0 aliphatic rings. The lowest BCUT2D eigenvalue weighted by molar-refractivity contribution is -0.138. The summed E-state index contributed by atoms with van der Waals surface area (Å²) in [6.45, 7) is 0. The van der Waals surface area contributed by atoms with Crippen molar-refractivity contribution in [3.05, 3.63) is 0 Å². The quantitative estimate of drug-likeness (QED) is 0.392. The van der Waals surface area contributed by atoms with Gasteiger partial charge >= 0.3 is 11.9 Å². The fourth-order valence-corrected chi connectivity index (χ4v) is 1.83. The van der Waals surface area contributed by atoms with E-state index in [2.05, 4.69) is 0 Å². The van der Waals surface area contributed by atoms with Crippen LogP contribution in [-0.2, 0) is 20.4 Å². The maximum absolute atomic E-state index is 11.1. The van der Waals surface area contributed by atoms with Crippen LogP contribution in [0, 0.1) is 0 Å². The monoisotopic (exact) mass is 224 g/mol. The van der Waals surface area contributed by atoms with Gasteiger partial charge < -0.3 is 21.7 Å². The Balaban J connectivity index is 3.99. The first-order valence-electron chi connectivity index (χ1n) is 3.66. The predicted octanol–water partition coefficient (Wildman–Crippen LogP) is -2.44. The molecule has 7 nitrogen and oxygen atoms in total. The molecule has 82 valence electrons. The van der Waals surface area contributed by atoms with Crippen molar-refractivity contribution >= 4 is 22.7 Å². The van der Waals surface area contributed by atoms with Gasteiger partial charge in [-0.3, -0.25) is 13.8 Å². The van der Waals surface area contributed by atoms with E-state index in [-0.39, 0.29) is 11.5 Å². The van der Waals surface area contributed by atoms with Gasteiger partial charge in [-0.2, -0.15) is 0 Å². The highest BCUT2D eigenvalue weighted by Gasteiger charge is 2.20. The van der Waals surface area contributed by atoms with Crippen LogP contribution in [0.3, 0.4) is 0 Å². The second-order valence-corrected chi connectivity index (χ2v) is 4.21. The lowest BCUT2D eigenvalue weighted by Gasteiger charge is -2.08. The van der Waals surface area contributed by atoms with Gasteiger partial charge in [0, 0.05) is 22.3 Å². The average Bonchev–Trinajstić information content (AvgIpc) is 2.03. The molecule has 8 heteroatoms. The molecule has 0 rings (SSSR count). The molecule has 0 aliphatic heterocycles. The van der Waals surface area contributed by atoms with Crippen molar-refractivity contribution in [3.63, 3.8) is 0 Å². The Morgan fingerprint density at radius 1 is 1.07 bits per heavy atom. The van der Waals surface area contributed by atoms with E-state index in [0.29, 0.717) is 0 Å². The average molecular weight is 224 g/mol. The Kier molecular flexibility index (Phi) is 5.28. The van der Waals surface area contributed by atoms with E-state index in [9.17, 15) is 13.8 Å². The molecule has 0 saturated heterocycles. The van der Waals surface area contributed by atoms with E-state index in [4.69, 9.17) is 21.7 Å². The number of rotatable bonds is 6. The van der Waals surface area contributed by atoms with Gasteiger partial charge in [-0.25, -0.2) is 0 Å². The molecule has 0 spiro atoms. The first-order valence-corrected chi connectivity index (χ1v) is 5.15. The zero-order valence-corrected chi connectivity index (χ0v) is 8.07. The number of aliphatic carboxylic acids is 2. The third-order valence-electron chi connectivity index (χ3n) is 1.37. The second-order valence-electron chi connectivity index (χ2n) is 2.66. The number of carboxylic acid groups (broad SMARTS) is 2. The maximum Gasteiger partial charge on any atom is 0.321 e. The standard InChI is InChI=1S/C6H12N2O5S/c7-3(5(9)10)1-14(13)2-4(8)6(11)12/h3-4H,1-2,7-8H2,(H,9,10)(H,11,12)/t3-,4-/m0/s1. The summed E-state index contributed by atoms with van der Waals surface area (Å²) in [6.07, 6.45) is 0. The van der Waals surface area contributed by atoms with Gasteiger partial charge in [0.2, 0.25) is 0 Å². The molecular weight excluding hydrogens is 212 g/mol. The van der Waals surface area contributed by atoms with Gasteiger partial charge in [0.25, 0.3) is 0 Å². The zero-order chi connectivity index (χ0) is 11.3. The van der Waals surface area contributed by atoms with Crippen LogP contribution in [0.25, 0.3) is 0 Å². The first kappa shape index (κ1) is 13.0. The molecule has 6 N–H and O–H groups in total. The molecule has 2 atom stereocenters. The Morgan fingerprint density at radius 2 is 1.36 bits per heavy atom. The SMILES string of the molecule is N[C@@H](CS(=O)C[C@H](N)C(=O)O)C(=O)O. The van der Waals surface area contributed by atoms with Crippen LogP contribution >= 0.6 is 0 Å². The van der Waals surface area contributed by atoms with Crippen molar-refractivity contribution in [2.45, 2.75) is 12.1 Å². The van der Waals surface area contributed by atoms with E-state index in [1.807, 2.05) is 0 Å². The minimum absolute atomic E-state index is 0.295.